The van der Waals surface area contributed by atoms with E-state index in [9.17, 15) is 14.4 Å². The lowest BCUT2D eigenvalue weighted by molar-refractivity contribution is -0.152. The third kappa shape index (κ3) is 2.51. The van der Waals surface area contributed by atoms with Crippen LogP contribution < -0.4 is 10.6 Å². The lowest BCUT2D eigenvalue weighted by atomic mass is 9.87. The van der Waals surface area contributed by atoms with Gasteiger partial charge in [-0.05, 0) is 45.4 Å². The number of hydrogen-bond donors (Lipinski definition) is 2. The number of nitrogens with zero attached hydrogens (tertiary/aromatic N) is 1. The average molecular weight is 394 g/mol. The molecule has 7 heteroatoms. The van der Waals surface area contributed by atoms with Crippen molar-refractivity contribution >= 4 is 39.3 Å². The van der Waals surface area contributed by atoms with Crippen molar-refractivity contribution in [1.82, 2.24) is 10.2 Å². The van der Waals surface area contributed by atoms with Gasteiger partial charge in [0.1, 0.15) is 0 Å². The SMILES string of the molecule is CC(C)(C)NC(=O)C1(N2CCCC2=O)C(=O)Nc2ccc(Br)cc21. The predicted octanol–water partition coefficient (Wildman–Crippen LogP) is 2.13. The second kappa shape index (κ2) is 5.58. The number of benzene rings is 1. The second-order valence-electron chi connectivity index (χ2n) is 7.21. The molecule has 2 heterocycles. The van der Waals surface area contributed by atoms with E-state index in [2.05, 4.69) is 26.6 Å². The molecule has 0 radical (unpaired) electrons. The molecule has 0 saturated carbocycles. The fourth-order valence-corrected chi connectivity index (χ4v) is 3.67. The first-order chi connectivity index (χ1) is 11.2. The molecule has 0 aliphatic carbocycles. The Kier molecular flexibility index (Phi) is 3.94. The van der Waals surface area contributed by atoms with E-state index in [1.54, 1.807) is 18.2 Å². The van der Waals surface area contributed by atoms with Gasteiger partial charge in [-0.2, -0.15) is 0 Å². The van der Waals surface area contributed by atoms with Crippen LogP contribution in [-0.4, -0.2) is 34.7 Å². The zero-order valence-electron chi connectivity index (χ0n) is 13.9. The van der Waals surface area contributed by atoms with Crippen LogP contribution in [0.25, 0.3) is 0 Å². The van der Waals surface area contributed by atoms with Gasteiger partial charge in [-0.1, -0.05) is 15.9 Å². The number of halogens is 1. The monoisotopic (exact) mass is 393 g/mol. The van der Waals surface area contributed by atoms with Gasteiger partial charge in [-0.15, -0.1) is 0 Å². The Morgan fingerprint density at radius 1 is 1.33 bits per heavy atom. The molecule has 0 spiro atoms. The number of nitrogens with one attached hydrogen (secondary N) is 2. The molecule has 2 aliphatic rings. The van der Waals surface area contributed by atoms with Crippen LogP contribution in [0, 0.1) is 0 Å². The maximum atomic E-state index is 13.2. The predicted molar refractivity (Wildman–Crippen MR) is 93.3 cm³/mol. The molecule has 1 saturated heterocycles. The lowest BCUT2D eigenvalue weighted by Gasteiger charge is -2.37. The number of carbonyl (C=O) groups excluding carboxylic acids is 3. The van der Waals surface area contributed by atoms with E-state index in [0.717, 1.165) is 4.47 Å². The normalized spacial score (nSPS) is 23.2. The molecule has 1 aromatic rings. The molecule has 0 bridgehead atoms. The number of carbonyl (C=O) groups is 3. The van der Waals surface area contributed by atoms with E-state index in [1.807, 2.05) is 20.8 Å². The fraction of sp³-hybridized carbons (Fsp3) is 0.471. The summed E-state index contributed by atoms with van der Waals surface area (Å²) in [7, 11) is 0. The fourth-order valence-electron chi connectivity index (χ4n) is 3.31. The summed E-state index contributed by atoms with van der Waals surface area (Å²) in [5.74, 6) is -1.13. The first kappa shape index (κ1) is 17.0. The summed E-state index contributed by atoms with van der Waals surface area (Å²) in [6.45, 7) is 5.92. The van der Waals surface area contributed by atoms with E-state index >= 15 is 0 Å². The number of likely N-dealkylation sites (tertiary alicyclic amines) is 1. The van der Waals surface area contributed by atoms with Gasteiger partial charge in [0.25, 0.3) is 11.8 Å². The third-order valence-electron chi connectivity index (χ3n) is 4.24. The van der Waals surface area contributed by atoms with E-state index in [1.165, 1.54) is 4.90 Å². The van der Waals surface area contributed by atoms with Crippen molar-refractivity contribution in [3.8, 4) is 0 Å². The van der Waals surface area contributed by atoms with E-state index in [-0.39, 0.29) is 5.91 Å². The van der Waals surface area contributed by atoms with Gasteiger partial charge in [0.2, 0.25) is 11.4 Å². The minimum atomic E-state index is -1.65. The number of anilines is 1. The van der Waals surface area contributed by atoms with Crippen molar-refractivity contribution in [3.63, 3.8) is 0 Å². The Balaban J connectivity index is 2.21. The summed E-state index contributed by atoms with van der Waals surface area (Å²) < 4.78 is 0.748. The van der Waals surface area contributed by atoms with Gasteiger partial charge in [0.05, 0.1) is 0 Å². The summed E-state index contributed by atoms with van der Waals surface area (Å²) in [5.41, 5.74) is -1.10. The minimum absolute atomic E-state index is 0.179. The molecule has 1 atom stereocenters. The van der Waals surface area contributed by atoms with Gasteiger partial charge in [-0.3, -0.25) is 14.4 Å². The largest absolute Gasteiger partial charge is 0.349 e. The number of hydrogen-bond acceptors (Lipinski definition) is 3. The molecule has 0 aromatic heterocycles. The van der Waals surface area contributed by atoms with Crippen molar-refractivity contribution in [2.75, 3.05) is 11.9 Å². The number of fused-ring (bicyclic) bond motifs is 1. The first-order valence-corrected chi connectivity index (χ1v) is 8.70. The maximum Gasteiger partial charge on any atom is 0.265 e. The van der Waals surface area contributed by atoms with Crippen LogP contribution >= 0.6 is 15.9 Å². The van der Waals surface area contributed by atoms with Crippen LogP contribution in [0.15, 0.2) is 22.7 Å². The van der Waals surface area contributed by atoms with Crippen LogP contribution in [0.5, 0.6) is 0 Å². The molecule has 128 valence electrons. The number of amides is 3. The van der Waals surface area contributed by atoms with Gasteiger partial charge in [-0.25, -0.2) is 0 Å². The van der Waals surface area contributed by atoms with Crippen LogP contribution in [-0.2, 0) is 19.9 Å². The third-order valence-corrected chi connectivity index (χ3v) is 4.74. The Hall–Kier alpha value is -1.89. The van der Waals surface area contributed by atoms with Crippen molar-refractivity contribution < 1.29 is 14.4 Å². The van der Waals surface area contributed by atoms with Gasteiger partial charge >= 0.3 is 0 Å². The molecule has 2 aliphatic heterocycles. The molecule has 1 fully saturated rings. The van der Waals surface area contributed by atoms with Crippen LogP contribution in [0.1, 0.15) is 39.2 Å². The highest BCUT2D eigenvalue weighted by atomic mass is 79.9. The van der Waals surface area contributed by atoms with Crippen LogP contribution in [0.3, 0.4) is 0 Å². The lowest BCUT2D eigenvalue weighted by Crippen LogP contribution is -2.63. The summed E-state index contributed by atoms with van der Waals surface area (Å²) in [4.78, 5) is 40.0. The standard InChI is InChI=1S/C17H20BrN3O3/c1-16(2,3)20-15(24)17(21-8-4-5-13(21)22)11-9-10(18)6-7-12(11)19-14(17)23/h6-7,9H,4-5,8H2,1-3H3,(H,19,23)(H,20,24). The summed E-state index contributed by atoms with van der Waals surface area (Å²) >= 11 is 3.40. The van der Waals surface area contributed by atoms with Gasteiger partial charge < -0.3 is 15.5 Å². The van der Waals surface area contributed by atoms with Gasteiger partial charge in [0.15, 0.2) is 0 Å². The molecule has 24 heavy (non-hydrogen) atoms. The maximum absolute atomic E-state index is 13.2. The highest BCUT2D eigenvalue weighted by Crippen LogP contribution is 2.44. The average Bonchev–Trinajstić information content (AvgIpc) is 2.98. The van der Waals surface area contributed by atoms with E-state index in [4.69, 9.17) is 0 Å². The molecular formula is C17H20BrN3O3. The molecule has 1 unspecified atom stereocenters. The van der Waals surface area contributed by atoms with Crippen molar-refractivity contribution in [3.05, 3.63) is 28.2 Å². The highest BCUT2D eigenvalue weighted by Gasteiger charge is 2.60. The molecule has 3 rings (SSSR count). The smallest absolute Gasteiger partial charge is 0.265 e. The van der Waals surface area contributed by atoms with Crippen molar-refractivity contribution in [2.24, 2.45) is 0 Å². The second-order valence-corrected chi connectivity index (χ2v) is 8.12. The Morgan fingerprint density at radius 2 is 2.04 bits per heavy atom. The van der Waals surface area contributed by atoms with Gasteiger partial charge in [0, 0.05) is 34.2 Å². The first-order valence-electron chi connectivity index (χ1n) is 7.91. The molecular weight excluding hydrogens is 374 g/mol. The number of rotatable bonds is 2. The minimum Gasteiger partial charge on any atom is -0.349 e. The highest BCUT2D eigenvalue weighted by molar-refractivity contribution is 9.10. The summed E-state index contributed by atoms with van der Waals surface area (Å²) in [6.07, 6.45) is 0.987. The molecule has 3 amide bonds. The van der Waals surface area contributed by atoms with Crippen LogP contribution in [0.4, 0.5) is 5.69 Å². The Labute approximate surface area is 149 Å². The Bertz CT molecular complexity index is 741. The zero-order chi connectivity index (χ0) is 17.7. The molecule has 2 N–H and O–H groups in total. The van der Waals surface area contributed by atoms with Crippen molar-refractivity contribution in [2.45, 2.75) is 44.7 Å². The summed E-state index contributed by atoms with van der Waals surface area (Å²) in [6, 6.07) is 5.27. The van der Waals surface area contributed by atoms with Crippen LogP contribution in [0.2, 0.25) is 0 Å². The molecule has 6 nitrogen and oxygen atoms in total. The summed E-state index contributed by atoms with van der Waals surface area (Å²) in [5, 5.41) is 5.65. The van der Waals surface area contributed by atoms with E-state index in [0.29, 0.717) is 30.6 Å². The quantitative estimate of drug-likeness (QED) is 0.755. The van der Waals surface area contributed by atoms with Crippen molar-refractivity contribution in [1.29, 1.82) is 0 Å². The molecule has 1 aromatic carbocycles. The van der Waals surface area contributed by atoms with E-state index < -0.39 is 22.9 Å². The topological polar surface area (TPSA) is 78.5 Å². The zero-order valence-corrected chi connectivity index (χ0v) is 15.5. The Morgan fingerprint density at radius 3 is 2.62 bits per heavy atom.